The number of aryl methyl sites for hydroxylation is 1. The molecule has 0 bridgehead atoms. The van der Waals surface area contributed by atoms with E-state index in [4.69, 9.17) is 9.47 Å². The van der Waals surface area contributed by atoms with Crippen molar-refractivity contribution in [2.75, 3.05) is 26.8 Å². The van der Waals surface area contributed by atoms with Crippen molar-refractivity contribution < 1.29 is 23.9 Å². The number of amides is 3. The molecule has 2 heterocycles. The van der Waals surface area contributed by atoms with Crippen LogP contribution in [0.2, 0.25) is 0 Å². The fourth-order valence-corrected chi connectivity index (χ4v) is 4.98. The van der Waals surface area contributed by atoms with E-state index < -0.39 is 11.8 Å². The SMILES string of the molecule is COc1ccc(C(=O)N2CCC3(CC2)OC[C@H](C(=O)NC2CC2)N3C(=O)c2cccc(C)c2)cc1. The first-order valence-electron chi connectivity index (χ1n) is 12.2. The summed E-state index contributed by atoms with van der Waals surface area (Å²) in [5, 5.41) is 3.04. The van der Waals surface area contributed by atoms with Gasteiger partial charge in [0, 0.05) is 43.1 Å². The third kappa shape index (κ3) is 4.62. The van der Waals surface area contributed by atoms with Gasteiger partial charge in [-0.05, 0) is 56.2 Å². The zero-order valence-electron chi connectivity index (χ0n) is 20.2. The standard InChI is InChI=1S/C27H31N3O5/c1-18-4-3-5-20(16-18)26(33)30-23(24(31)28-21-8-9-21)17-35-27(30)12-14-29(15-13-27)25(32)19-6-10-22(34-2)11-7-19/h3-7,10-11,16,21,23H,8-9,12-15,17H2,1-2H3,(H,28,31)/t23-/m1/s1. The van der Waals surface area contributed by atoms with Crippen LogP contribution in [0, 0.1) is 6.92 Å². The lowest BCUT2D eigenvalue weighted by atomic mass is 9.95. The number of methoxy groups -OCH3 is 1. The number of benzene rings is 2. The Hall–Kier alpha value is -3.39. The van der Waals surface area contributed by atoms with E-state index in [0.29, 0.717) is 42.8 Å². The maximum Gasteiger partial charge on any atom is 0.256 e. The number of rotatable bonds is 5. The lowest BCUT2D eigenvalue weighted by Crippen LogP contribution is -2.60. The van der Waals surface area contributed by atoms with Crippen molar-refractivity contribution in [2.24, 2.45) is 0 Å². The predicted octanol–water partition coefficient (Wildman–Crippen LogP) is 2.76. The maximum atomic E-state index is 13.8. The molecule has 2 aliphatic heterocycles. The molecule has 0 unspecified atom stereocenters. The van der Waals surface area contributed by atoms with Crippen molar-refractivity contribution in [3.8, 4) is 5.75 Å². The zero-order valence-corrected chi connectivity index (χ0v) is 20.2. The molecule has 1 saturated carbocycles. The lowest BCUT2D eigenvalue weighted by molar-refractivity contribution is -0.128. The van der Waals surface area contributed by atoms with E-state index >= 15 is 0 Å². The fraction of sp³-hybridized carbons (Fsp3) is 0.444. The smallest absolute Gasteiger partial charge is 0.256 e. The number of carbonyl (C=O) groups excluding carboxylic acids is 3. The van der Waals surface area contributed by atoms with Gasteiger partial charge in [-0.2, -0.15) is 0 Å². The van der Waals surface area contributed by atoms with Crippen molar-refractivity contribution in [3.63, 3.8) is 0 Å². The Balaban J connectivity index is 1.36. The molecule has 0 aromatic heterocycles. The predicted molar refractivity (Wildman–Crippen MR) is 129 cm³/mol. The highest BCUT2D eigenvalue weighted by molar-refractivity contribution is 5.99. The largest absolute Gasteiger partial charge is 0.497 e. The van der Waals surface area contributed by atoms with E-state index in [1.54, 1.807) is 47.2 Å². The Labute approximate surface area is 205 Å². The second-order valence-electron chi connectivity index (χ2n) is 9.62. The first-order valence-corrected chi connectivity index (χ1v) is 12.2. The molecule has 35 heavy (non-hydrogen) atoms. The quantitative estimate of drug-likeness (QED) is 0.716. The van der Waals surface area contributed by atoms with E-state index in [9.17, 15) is 14.4 Å². The molecule has 184 valence electrons. The molecule has 3 fully saturated rings. The number of nitrogens with one attached hydrogen (secondary N) is 1. The molecule has 1 aliphatic carbocycles. The summed E-state index contributed by atoms with van der Waals surface area (Å²) in [5.41, 5.74) is 1.19. The molecule has 2 aromatic rings. The summed E-state index contributed by atoms with van der Waals surface area (Å²) >= 11 is 0. The van der Waals surface area contributed by atoms with Crippen molar-refractivity contribution >= 4 is 17.7 Å². The molecule has 3 amide bonds. The summed E-state index contributed by atoms with van der Waals surface area (Å²) in [7, 11) is 1.59. The Morgan fingerprint density at radius 3 is 2.34 bits per heavy atom. The number of likely N-dealkylation sites (tertiary alicyclic amines) is 1. The topological polar surface area (TPSA) is 88.2 Å². The zero-order chi connectivity index (χ0) is 24.6. The second-order valence-corrected chi connectivity index (χ2v) is 9.62. The normalized spacial score (nSPS) is 21.1. The summed E-state index contributed by atoms with van der Waals surface area (Å²) < 4.78 is 11.4. The van der Waals surface area contributed by atoms with E-state index in [-0.39, 0.29) is 30.4 Å². The van der Waals surface area contributed by atoms with Crippen LogP contribution in [0.3, 0.4) is 0 Å². The highest BCUT2D eigenvalue weighted by Crippen LogP contribution is 2.39. The van der Waals surface area contributed by atoms with Crippen LogP contribution >= 0.6 is 0 Å². The maximum absolute atomic E-state index is 13.8. The van der Waals surface area contributed by atoms with Gasteiger partial charge in [0.25, 0.3) is 11.8 Å². The molecule has 1 atom stereocenters. The minimum Gasteiger partial charge on any atom is -0.497 e. The van der Waals surface area contributed by atoms with Gasteiger partial charge in [0.2, 0.25) is 5.91 Å². The second kappa shape index (κ2) is 9.34. The van der Waals surface area contributed by atoms with E-state index in [0.717, 1.165) is 18.4 Å². The Morgan fingerprint density at radius 1 is 1.00 bits per heavy atom. The first kappa shape index (κ1) is 23.4. The van der Waals surface area contributed by atoms with Gasteiger partial charge in [0.05, 0.1) is 13.7 Å². The van der Waals surface area contributed by atoms with Gasteiger partial charge < -0.3 is 19.7 Å². The molecule has 8 nitrogen and oxygen atoms in total. The summed E-state index contributed by atoms with van der Waals surface area (Å²) in [6.07, 6.45) is 2.83. The molecule has 1 spiro atoms. The van der Waals surface area contributed by atoms with Gasteiger partial charge in [-0.1, -0.05) is 17.7 Å². The van der Waals surface area contributed by atoms with Crippen LogP contribution in [-0.4, -0.2) is 72.1 Å². The van der Waals surface area contributed by atoms with Gasteiger partial charge in [-0.15, -0.1) is 0 Å². The molecule has 0 radical (unpaired) electrons. The van der Waals surface area contributed by atoms with Crippen molar-refractivity contribution in [1.29, 1.82) is 0 Å². The van der Waals surface area contributed by atoms with Gasteiger partial charge in [-0.3, -0.25) is 19.3 Å². The fourth-order valence-electron chi connectivity index (χ4n) is 4.98. The molecule has 2 aromatic carbocycles. The van der Waals surface area contributed by atoms with Gasteiger partial charge in [0.15, 0.2) is 0 Å². The molecule has 5 rings (SSSR count). The third-order valence-corrected chi connectivity index (χ3v) is 7.14. The van der Waals surface area contributed by atoms with Crippen molar-refractivity contribution in [1.82, 2.24) is 15.1 Å². The molecule has 8 heteroatoms. The minimum absolute atomic E-state index is 0.0694. The van der Waals surface area contributed by atoms with E-state index in [2.05, 4.69) is 5.32 Å². The van der Waals surface area contributed by atoms with Gasteiger partial charge >= 0.3 is 0 Å². The summed E-state index contributed by atoms with van der Waals surface area (Å²) in [4.78, 5) is 43.4. The Kier molecular flexibility index (Phi) is 6.23. The highest BCUT2D eigenvalue weighted by Gasteiger charge is 2.54. The van der Waals surface area contributed by atoms with Crippen LogP contribution in [0.1, 0.15) is 52.0 Å². The van der Waals surface area contributed by atoms with Gasteiger partial charge in [-0.25, -0.2) is 0 Å². The number of hydrogen-bond donors (Lipinski definition) is 1. The number of ether oxygens (including phenoxy) is 2. The summed E-state index contributed by atoms with van der Waals surface area (Å²) in [6, 6.07) is 14.0. The minimum atomic E-state index is -0.914. The Bertz CT molecular complexity index is 1120. The van der Waals surface area contributed by atoms with Crippen LogP contribution in [0.25, 0.3) is 0 Å². The average molecular weight is 478 g/mol. The van der Waals surface area contributed by atoms with Crippen LogP contribution < -0.4 is 10.1 Å². The number of hydrogen-bond acceptors (Lipinski definition) is 5. The van der Waals surface area contributed by atoms with Crippen LogP contribution in [-0.2, 0) is 9.53 Å². The van der Waals surface area contributed by atoms with E-state index in [1.165, 1.54) is 0 Å². The van der Waals surface area contributed by atoms with Gasteiger partial charge in [0.1, 0.15) is 17.5 Å². The summed E-state index contributed by atoms with van der Waals surface area (Å²) in [6.45, 7) is 2.95. The number of nitrogens with zero attached hydrogens (tertiary/aromatic N) is 2. The monoisotopic (exact) mass is 477 g/mol. The van der Waals surface area contributed by atoms with Crippen molar-refractivity contribution in [2.45, 2.75) is 50.4 Å². The third-order valence-electron chi connectivity index (χ3n) is 7.14. The molecule has 1 N–H and O–H groups in total. The van der Waals surface area contributed by atoms with Crippen molar-refractivity contribution in [3.05, 3.63) is 65.2 Å². The molecule has 2 saturated heterocycles. The van der Waals surface area contributed by atoms with E-state index in [1.807, 2.05) is 25.1 Å². The number of piperidine rings is 1. The Morgan fingerprint density at radius 2 is 1.71 bits per heavy atom. The average Bonchev–Trinajstić information content (AvgIpc) is 3.62. The first-order chi connectivity index (χ1) is 16.9. The van der Waals surface area contributed by atoms with Crippen LogP contribution in [0.4, 0.5) is 0 Å². The molecule has 3 aliphatic rings. The van der Waals surface area contributed by atoms with Crippen LogP contribution in [0.15, 0.2) is 48.5 Å². The molecular formula is C27H31N3O5. The highest BCUT2D eigenvalue weighted by atomic mass is 16.5. The summed E-state index contributed by atoms with van der Waals surface area (Å²) in [5.74, 6) is 0.249. The van der Waals surface area contributed by atoms with Crippen LogP contribution in [0.5, 0.6) is 5.75 Å². The molecular weight excluding hydrogens is 446 g/mol. The lowest BCUT2D eigenvalue weighted by Gasteiger charge is -2.44. The number of carbonyl (C=O) groups is 3.